The number of aromatic nitrogens is 5. The van der Waals surface area contributed by atoms with Crippen LogP contribution in [0.15, 0.2) is 36.9 Å². The van der Waals surface area contributed by atoms with Gasteiger partial charge in [0.25, 0.3) is 0 Å². The first kappa shape index (κ1) is 9.98. The highest BCUT2D eigenvalue weighted by atomic mass is 15.3. The van der Waals surface area contributed by atoms with Crippen LogP contribution in [0.4, 0.5) is 0 Å². The Kier molecular flexibility index (Phi) is 2.34. The molecule has 3 aromatic heterocycles. The fraction of sp³-hybridized carbons (Fsp3) is 0.182. The predicted molar refractivity (Wildman–Crippen MR) is 62.9 cm³/mol. The van der Waals surface area contributed by atoms with Gasteiger partial charge in [-0.05, 0) is 12.6 Å². The zero-order chi connectivity index (χ0) is 11.7. The molecule has 0 aliphatic heterocycles. The van der Waals surface area contributed by atoms with Crippen LogP contribution in [-0.2, 0) is 6.42 Å². The zero-order valence-electron chi connectivity index (χ0n) is 9.19. The van der Waals surface area contributed by atoms with E-state index in [0.717, 1.165) is 23.7 Å². The molecule has 0 aromatic carbocycles. The molecule has 0 saturated carbocycles. The van der Waals surface area contributed by atoms with E-state index in [0.29, 0.717) is 6.54 Å². The average Bonchev–Trinajstić information content (AvgIpc) is 2.96. The molecule has 0 amide bonds. The summed E-state index contributed by atoms with van der Waals surface area (Å²) in [6.07, 6.45) is 7.98. The summed E-state index contributed by atoms with van der Waals surface area (Å²) in [5.41, 5.74) is 6.37. The van der Waals surface area contributed by atoms with E-state index in [4.69, 9.17) is 5.73 Å². The van der Waals surface area contributed by atoms with Gasteiger partial charge in [-0.2, -0.15) is 5.10 Å². The van der Waals surface area contributed by atoms with Crippen LogP contribution in [-0.4, -0.2) is 30.7 Å². The average molecular weight is 228 g/mol. The van der Waals surface area contributed by atoms with Crippen molar-refractivity contribution in [1.29, 1.82) is 0 Å². The fourth-order valence-corrected chi connectivity index (χ4v) is 1.79. The van der Waals surface area contributed by atoms with Gasteiger partial charge >= 0.3 is 0 Å². The fourth-order valence-electron chi connectivity index (χ4n) is 1.79. The molecule has 3 rings (SSSR count). The molecule has 0 saturated heterocycles. The molecule has 0 fully saturated rings. The van der Waals surface area contributed by atoms with Crippen LogP contribution < -0.4 is 5.73 Å². The molecule has 3 aromatic rings. The first-order valence-electron chi connectivity index (χ1n) is 5.41. The summed E-state index contributed by atoms with van der Waals surface area (Å²) in [5, 5.41) is 4.11. The summed E-state index contributed by atoms with van der Waals surface area (Å²) in [6.45, 7) is 0.575. The summed E-state index contributed by atoms with van der Waals surface area (Å²) in [6, 6.07) is 3.77. The van der Waals surface area contributed by atoms with E-state index in [9.17, 15) is 0 Å². The van der Waals surface area contributed by atoms with Crippen LogP contribution in [0.2, 0.25) is 0 Å². The van der Waals surface area contributed by atoms with Crippen molar-refractivity contribution in [3.63, 3.8) is 0 Å². The first-order chi connectivity index (χ1) is 8.38. The van der Waals surface area contributed by atoms with Crippen LogP contribution in [0.3, 0.4) is 0 Å². The van der Waals surface area contributed by atoms with Gasteiger partial charge in [0.2, 0.25) is 0 Å². The largest absolute Gasteiger partial charge is 0.330 e. The van der Waals surface area contributed by atoms with Gasteiger partial charge in [0.15, 0.2) is 5.65 Å². The van der Waals surface area contributed by atoms with E-state index in [1.54, 1.807) is 16.9 Å². The van der Waals surface area contributed by atoms with E-state index in [2.05, 4.69) is 15.1 Å². The second-order valence-corrected chi connectivity index (χ2v) is 3.67. The Bertz CT molecular complexity index is 638. The first-order valence-corrected chi connectivity index (χ1v) is 5.41. The Morgan fingerprint density at radius 1 is 1.18 bits per heavy atom. The lowest BCUT2D eigenvalue weighted by Crippen LogP contribution is -2.09. The molecule has 0 bridgehead atoms. The van der Waals surface area contributed by atoms with Crippen LogP contribution in [0, 0.1) is 0 Å². The second-order valence-electron chi connectivity index (χ2n) is 3.67. The quantitative estimate of drug-likeness (QED) is 0.705. The van der Waals surface area contributed by atoms with Crippen molar-refractivity contribution in [3.8, 4) is 5.82 Å². The van der Waals surface area contributed by atoms with Gasteiger partial charge in [0.05, 0.1) is 6.20 Å². The van der Waals surface area contributed by atoms with Gasteiger partial charge < -0.3 is 5.73 Å². The van der Waals surface area contributed by atoms with Crippen molar-refractivity contribution < 1.29 is 0 Å². The molecule has 0 aliphatic carbocycles. The lowest BCUT2D eigenvalue weighted by molar-refractivity contribution is 0.817. The third-order valence-electron chi connectivity index (χ3n) is 2.58. The monoisotopic (exact) mass is 228 g/mol. The van der Waals surface area contributed by atoms with Gasteiger partial charge in [-0.1, -0.05) is 0 Å². The molecule has 17 heavy (non-hydrogen) atoms. The van der Waals surface area contributed by atoms with E-state index in [-0.39, 0.29) is 0 Å². The van der Waals surface area contributed by atoms with Crippen molar-refractivity contribution in [2.24, 2.45) is 5.73 Å². The van der Waals surface area contributed by atoms with Crippen LogP contribution in [0.1, 0.15) is 5.82 Å². The van der Waals surface area contributed by atoms with Crippen molar-refractivity contribution in [1.82, 2.24) is 24.1 Å². The zero-order valence-corrected chi connectivity index (χ0v) is 9.19. The van der Waals surface area contributed by atoms with Gasteiger partial charge in [-0.3, -0.25) is 4.57 Å². The Labute approximate surface area is 97.7 Å². The highest BCUT2D eigenvalue weighted by Gasteiger charge is 2.06. The van der Waals surface area contributed by atoms with Crippen LogP contribution in [0.5, 0.6) is 0 Å². The molecule has 0 spiro atoms. The van der Waals surface area contributed by atoms with E-state index < -0.39 is 0 Å². The Balaban J connectivity index is 2.09. The van der Waals surface area contributed by atoms with Gasteiger partial charge in [-0.15, -0.1) is 0 Å². The maximum Gasteiger partial charge on any atom is 0.157 e. The second kappa shape index (κ2) is 3.99. The van der Waals surface area contributed by atoms with E-state index >= 15 is 0 Å². The van der Waals surface area contributed by atoms with Gasteiger partial charge in [-0.25, -0.2) is 14.5 Å². The normalized spacial score (nSPS) is 11.1. The van der Waals surface area contributed by atoms with Crippen molar-refractivity contribution in [2.75, 3.05) is 6.54 Å². The van der Waals surface area contributed by atoms with Crippen LogP contribution in [0.25, 0.3) is 11.5 Å². The lowest BCUT2D eigenvalue weighted by atomic mass is 10.4. The number of hydrogen-bond donors (Lipinski definition) is 1. The molecule has 6 heteroatoms. The molecule has 86 valence electrons. The minimum Gasteiger partial charge on any atom is -0.330 e. The van der Waals surface area contributed by atoms with E-state index in [1.165, 1.54) is 0 Å². The third-order valence-corrected chi connectivity index (χ3v) is 2.58. The summed E-state index contributed by atoms with van der Waals surface area (Å²) in [7, 11) is 0. The molecular formula is C11H12N6. The van der Waals surface area contributed by atoms with Gasteiger partial charge in [0, 0.05) is 31.1 Å². The Morgan fingerprint density at radius 3 is 3.00 bits per heavy atom. The predicted octanol–water partition coefficient (Wildman–Crippen LogP) is 0.416. The third kappa shape index (κ3) is 1.68. The Hall–Kier alpha value is -2.21. The number of nitrogens with two attached hydrogens (primary N) is 1. The molecule has 0 radical (unpaired) electrons. The summed E-state index contributed by atoms with van der Waals surface area (Å²) in [4.78, 5) is 8.77. The molecular weight excluding hydrogens is 216 g/mol. The topological polar surface area (TPSA) is 74.0 Å². The smallest absolute Gasteiger partial charge is 0.157 e. The molecule has 2 N–H and O–H groups in total. The van der Waals surface area contributed by atoms with Crippen molar-refractivity contribution in [3.05, 3.63) is 42.7 Å². The molecule has 0 unspecified atom stereocenters. The number of nitrogens with zero attached hydrogens (tertiary/aromatic N) is 5. The standard InChI is InChI=1S/C11H12N6/c12-4-1-9-13-6-8-16(9)10-3-7-17-11(15-10)2-5-14-17/h2-3,5-8H,1,4,12H2. The maximum atomic E-state index is 5.55. The minimum absolute atomic E-state index is 0.575. The molecule has 0 atom stereocenters. The van der Waals surface area contributed by atoms with Crippen molar-refractivity contribution in [2.45, 2.75) is 6.42 Å². The molecule has 6 nitrogen and oxygen atoms in total. The number of hydrogen-bond acceptors (Lipinski definition) is 4. The molecule has 3 heterocycles. The number of imidazole rings is 1. The highest BCUT2D eigenvalue weighted by molar-refractivity contribution is 5.40. The van der Waals surface area contributed by atoms with Crippen molar-refractivity contribution >= 4 is 5.65 Å². The highest BCUT2D eigenvalue weighted by Crippen LogP contribution is 2.09. The van der Waals surface area contributed by atoms with Gasteiger partial charge in [0.1, 0.15) is 11.6 Å². The minimum atomic E-state index is 0.575. The Morgan fingerprint density at radius 2 is 2.12 bits per heavy atom. The summed E-state index contributed by atoms with van der Waals surface area (Å²) in [5.74, 6) is 1.75. The SMILES string of the molecule is NCCc1nccn1-c1ccn2nccc2n1. The number of rotatable bonds is 3. The summed E-state index contributed by atoms with van der Waals surface area (Å²) < 4.78 is 3.67. The lowest BCUT2D eigenvalue weighted by Gasteiger charge is -2.06. The van der Waals surface area contributed by atoms with Crippen LogP contribution >= 0.6 is 0 Å². The summed E-state index contributed by atoms with van der Waals surface area (Å²) >= 11 is 0. The maximum absolute atomic E-state index is 5.55. The number of fused-ring (bicyclic) bond motifs is 1. The van der Waals surface area contributed by atoms with E-state index in [1.807, 2.05) is 29.1 Å². The molecule has 0 aliphatic rings.